The Labute approximate surface area is 155 Å². The molecular formula is C20H17N5O2. The van der Waals surface area contributed by atoms with Crippen LogP contribution in [0, 0.1) is 6.92 Å². The SMILES string of the molecule is Cc1noc([C@@H](C)NC(=O)c2cc(-c3ccncc3)nc3ccccc23)n1. The van der Waals surface area contributed by atoms with Gasteiger partial charge in [-0.3, -0.25) is 9.78 Å². The number of rotatable bonds is 4. The minimum atomic E-state index is -0.407. The van der Waals surface area contributed by atoms with Gasteiger partial charge in [-0.05, 0) is 38.1 Å². The van der Waals surface area contributed by atoms with Crippen LogP contribution in [0.15, 0.2) is 59.4 Å². The number of benzene rings is 1. The van der Waals surface area contributed by atoms with Crippen molar-refractivity contribution in [2.45, 2.75) is 19.9 Å². The Hall–Kier alpha value is -3.61. The standard InChI is InChI=1S/C20H17N5O2/c1-12(20-23-13(2)25-27-20)22-19(26)16-11-18(14-7-9-21-10-8-14)24-17-6-4-3-5-15(16)17/h3-12H,1-2H3,(H,22,26)/t12-/m1/s1. The third-order valence-electron chi connectivity index (χ3n) is 4.20. The lowest BCUT2D eigenvalue weighted by Gasteiger charge is -2.13. The van der Waals surface area contributed by atoms with E-state index in [4.69, 9.17) is 4.52 Å². The van der Waals surface area contributed by atoms with Crippen molar-refractivity contribution in [3.05, 3.63) is 72.1 Å². The van der Waals surface area contributed by atoms with Crippen molar-refractivity contribution in [1.82, 2.24) is 25.4 Å². The first kappa shape index (κ1) is 16.8. The zero-order valence-corrected chi connectivity index (χ0v) is 14.9. The predicted molar refractivity (Wildman–Crippen MR) is 99.9 cm³/mol. The van der Waals surface area contributed by atoms with Crippen molar-refractivity contribution in [3.63, 3.8) is 0 Å². The van der Waals surface area contributed by atoms with Crippen molar-refractivity contribution >= 4 is 16.8 Å². The second-order valence-electron chi connectivity index (χ2n) is 6.18. The number of hydrogen-bond donors (Lipinski definition) is 1. The fourth-order valence-electron chi connectivity index (χ4n) is 2.86. The summed E-state index contributed by atoms with van der Waals surface area (Å²) < 4.78 is 5.15. The highest BCUT2D eigenvalue weighted by Gasteiger charge is 2.19. The van der Waals surface area contributed by atoms with Crippen LogP contribution in [0.2, 0.25) is 0 Å². The van der Waals surface area contributed by atoms with Gasteiger partial charge >= 0.3 is 0 Å². The van der Waals surface area contributed by atoms with E-state index in [-0.39, 0.29) is 5.91 Å². The van der Waals surface area contributed by atoms with Crippen LogP contribution in [0.4, 0.5) is 0 Å². The Kier molecular flexibility index (Phi) is 4.33. The van der Waals surface area contributed by atoms with Crippen LogP contribution in [0.3, 0.4) is 0 Å². The molecule has 0 aliphatic rings. The summed E-state index contributed by atoms with van der Waals surface area (Å²) >= 11 is 0. The largest absolute Gasteiger partial charge is 0.340 e. The van der Waals surface area contributed by atoms with E-state index in [9.17, 15) is 4.79 Å². The van der Waals surface area contributed by atoms with Gasteiger partial charge in [0.15, 0.2) is 5.82 Å². The van der Waals surface area contributed by atoms with Crippen molar-refractivity contribution < 1.29 is 9.32 Å². The number of pyridine rings is 2. The van der Waals surface area contributed by atoms with Gasteiger partial charge in [0.05, 0.1) is 16.8 Å². The molecule has 0 aliphatic carbocycles. The van der Waals surface area contributed by atoms with Crippen molar-refractivity contribution in [3.8, 4) is 11.3 Å². The van der Waals surface area contributed by atoms with Crippen LogP contribution >= 0.6 is 0 Å². The van der Waals surface area contributed by atoms with Gasteiger partial charge < -0.3 is 9.84 Å². The summed E-state index contributed by atoms with van der Waals surface area (Å²) in [5.41, 5.74) is 2.89. The third-order valence-corrected chi connectivity index (χ3v) is 4.20. The van der Waals surface area contributed by atoms with Gasteiger partial charge in [-0.15, -0.1) is 0 Å². The molecule has 134 valence electrons. The lowest BCUT2D eigenvalue weighted by Crippen LogP contribution is -2.27. The maximum absolute atomic E-state index is 13.0. The fourth-order valence-corrected chi connectivity index (χ4v) is 2.86. The quantitative estimate of drug-likeness (QED) is 0.599. The molecular weight excluding hydrogens is 342 g/mol. The summed E-state index contributed by atoms with van der Waals surface area (Å²) in [6, 6.07) is 12.7. The van der Waals surface area contributed by atoms with Crippen LogP contribution in [-0.4, -0.2) is 26.0 Å². The number of aryl methyl sites for hydroxylation is 1. The monoisotopic (exact) mass is 359 g/mol. The Morgan fingerprint density at radius 1 is 1.11 bits per heavy atom. The molecule has 4 aromatic rings. The van der Waals surface area contributed by atoms with E-state index < -0.39 is 6.04 Å². The molecule has 0 saturated carbocycles. The number of para-hydroxylation sites is 1. The molecule has 0 bridgehead atoms. The summed E-state index contributed by atoms with van der Waals surface area (Å²) in [6.45, 7) is 3.54. The summed E-state index contributed by atoms with van der Waals surface area (Å²) in [7, 11) is 0. The average molecular weight is 359 g/mol. The molecule has 1 aromatic carbocycles. The molecule has 7 nitrogen and oxygen atoms in total. The molecule has 27 heavy (non-hydrogen) atoms. The van der Waals surface area contributed by atoms with E-state index >= 15 is 0 Å². The Morgan fingerprint density at radius 2 is 1.89 bits per heavy atom. The molecule has 0 fully saturated rings. The zero-order valence-electron chi connectivity index (χ0n) is 14.9. The summed E-state index contributed by atoms with van der Waals surface area (Å²) in [5, 5.41) is 7.47. The highest BCUT2D eigenvalue weighted by atomic mass is 16.5. The van der Waals surface area contributed by atoms with Crippen LogP contribution in [0.5, 0.6) is 0 Å². The molecule has 0 spiro atoms. The van der Waals surface area contributed by atoms with Crippen molar-refractivity contribution in [2.24, 2.45) is 0 Å². The minimum absolute atomic E-state index is 0.229. The predicted octanol–water partition coefficient (Wildman–Crippen LogP) is 3.48. The minimum Gasteiger partial charge on any atom is -0.340 e. The first-order valence-corrected chi connectivity index (χ1v) is 8.53. The second-order valence-corrected chi connectivity index (χ2v) is 6.18. The molecule has 3 aromatic heterocycles. The van der Waals surface area contributed by atoms with E-state index in [2.05, 4.69) is 25.4 Å². The van der Waals surface area contributed by atoms with E-state index in [1.165, 1.54) is 0 Å². The van der Waals surface area contributed by atoms with Gasteiger partial charge in [0, 0.05) is 23.3 Å². The number of fused-ring (bicyclic) bond motifs is 1. The first-order chi connectivity index (χ1) is 13.1. The van der Waals surface area contributed by atoms with Gasteiger partial charge in [-0.25, -0.2) is 4.98 Å². The number of carbonyl (C=O) groups excluding carboxylic acids is 1. The van der Waals surface area contributed by atoms with Gasteiger partial charge in [-0.1, -0.05) is 23.4 Å². The number of aromatic nitrogens is 4. The summed E-state index contributed by atoms with van der Waals surface area (Å²) in [4.78, 5) is 25.9. The topological polar surface area (TPSA) is 93.8 Å². The molecule has 3 heterocycles. The van der Waals surface area contributed by atoms with E-state index in [1.807, 2.05) is 36.4 Å². The average Bonchev–Trinajstić information content (AvgIpc) is 3.14. The van der Waals surface area contributed by atoms with Crippen molar-refractivity contribution in [2.75, 3.05) is 0 Å². The number of nitrogens with zero attached hydrogens (tertiary/aromatic N) is 4. The van der Waals surface area contributed by atoms with Gasteiger partial charge in [0.1, 0.15) is 6.04 Å². The lowest BCUT2D eigenvalue weighted by molar-refractivity contribution is 0.0934. The Bertz CT molecular complexity index is 1110. The highest BCUT2D eigenvalue weighted by Crippen LogP contribution is 2.25. The molecule has 1 N–H and O–H groups in total. The van der Waals surface area contributed by atoms with Crippen molar-refractivity contribution in [1.29, 1.82) is 0 Å². The second kappa shape index (κ2) is 6.95. The molecule has 1 amide bonds. The number of nitrogens with one attached hydrogen (secondary N) is 1. The Morgan fingerprint density at radius 3 is 2.63 bits per heavy atom. The fraction of sp³-hybridized carbons (Fsp3) is 0.150. The smallest absolute Gasteiger partial charge is 0.252 e. The molecule has 0 aliphatic heterocycles. The summed E-state index contributed by atoms with van der Waals surface area (Å²) in [5.74, 6) is 0.668. The molecule has 1 atom stereocenters. The molecule has 4 rings (SSSR count). The number of amides is 1. The van der Waals surface area contributed by atoms with Crippen LogP contribution in [0.25, 0.3) is 22.2 Å². The normalized spacial score (nSPS) is 12.1. The molecule has 0 radical (unpaired) electrons. The number of hydrogen-bond acceptors (Lipinski definition) is 6. The zero-order chi connectivity index (χ0) is 18.8. The van der Waals surface area contributed by atoms with E-state index in [0.717, 1.165) is 16.5 Å². The maximum Gasteiger partial charge on any atom is 0.252 e. The van der Waals surface area contributed by atoms with Gasteiger partial charge in [0.2, 0.25) is 5.89 Å². The summed E-state index contributed by atoms with van der Waals surface area (Å²) in [6.07, 6.45) is 3.40. The number of carbonyl (C=O) groups is 1. The Balaban J connectivity index is 1.74. The van der Waals surface area contributed by atoms with E-state index in [1.54, 1.807) is 32.3 Å². The molecule has 0 saturated heterocycles. The van der Waals surface area contributed by atoms with Gasteiger partial charge in [0.25, 0.3) is 5.91 Å². The van der Waals surface area contributed by atoms with E-state index in [0.29, 0.717) is 23.0 Å². The maximum atomic E-state index is 13.0. The van der Waals surface area contributed by atoms with Crippen LogP contribution in [-0.2, 0) is 0 Å². The third kappa shape index (κ3) is 3.39. The van der Waals surface area contributed by atoms with Crippen LogP contribution < -0.4 is 5.32 Å². The highest BCUT2D eigenvalue weighted by molar-refractivity contribution is 6.07. The molecule has 0 unspecified atom stereocenters. The molecule has 7 heteroatoms. The van der Waals surface area contributed by atoms with Crippen LogP contribution in [0.1, 0.15) is 35.0 Å². The first-order valence-electron chi connectivity index (χ1n) is 8.53. The van der Waals surface area contributed by atoms with Gasteiger partial charge in [-0.2, -0.15) is 4.98 Å². The lowest BCUT2D eigenvalue weighted by atomic mass is 10.0.